The van der Waals surface area contributed by atoms with Gasteiger partial charge in [0.05, 0.1) is 0 Å². The average molecular weight is 240 g/mol. The van der Waals surface area contributed by atoms with Crippen LogP contribution >= 0.6 is 0 Å². The molecule has 2 nitrogen and oxygen atoms in total. The van der Waals surface area contributed by atoms with E-state index < -0.39 is 23.7 Å². The van der Waals surface area contributed by atoms with Crippen molar-refractivity contribution in [2.45, 2.75) is 58.7 Å². The number of esters is 1. The fourth-order valence-corrected chi connectivity index (χ4v) is 1.20. The van der Waals surface area contributed by atoms with Gasteiger partial charge in [-0.1, -0.05) is 19.8 Å². The molecular weight excluding hydrogens is 221 g/mol. The number of unbranched alkanes of at least 4 members (excludes halogenated alkanes) is 1. The molecule has 0 spiro atoms. The van der Waals surface area contributed by atoms with E-state index in [1.165, 1.54) is 0 Å². The summed E-state index contributed by atoms with van der Waals surface area (Å²) in [6, 6.07) is 0. The van der Waals surface area contributed by atoms with Crippen LogP contribution in [0.25, 0.3) is 0 Å². The second-order valence-electron chi connectivity index (χ2n) is 4.77. The number of alkyl halides is 3. The zero-order valence-electron chi connectivity index (χ0n) is 10.1. The number of hydrogen-bond acceptors (Lipinski definition) is 2. The topological polar surface area (TPSA) is 26.3 Å². The molecule has 0 aliphatic rings. The van der Waals surface area contributed by atoms with Gasteiger partial charge in [-0.25, -0.2) is 0 Å². The summed E-state index contributed by atoms with van der Waals surface area (Å²) in [7, 11) is 0. The lowest BCUT2D eigenvalue weighted by atomic mass is 10.0. The summed E-state index contributed by atoms with van der Waals surface area (Å²) in [5.41, 5.74) is -0.882. The zero-order chi connectivity index (χ0) is 13.0. The van der Waals surface area contributed by atoms with Crippen molar-refractivity contribution < 1.29 is 22.7 Å². The second-order valence-corrected chi connectivity index (χ2v) is 4.77. The highest BCUT2D eigenvalue weighted by molar-refractivity contribution is 5.73. The van der Waals surface area contributed by atoms with Crippen LogP contribution in [0.3, 0.4) is 0 Å². The molecule has 5 heteroatoms. The zero-order valence-corrected chi connectivity index (χ0v) is 10.1. The lowest BCUT2D eigenvalue weighted by Crippen LogP contribution is -2.36. The van der Waals surface area contributed by atoms with E-state index in [1.807, 2.05) is 0 Å². The highest BCUT2D eigenvalue weighted by Crippen LogP contribution is 2.32. The maximum absolute atomic E-state index is 12.6. The van der Waals surface area contributed by atoms with Gasteiger partial charge < -0.3 is 4.74 Å². The lowest BCUT2D eigenvalue weighted by molar-refractivity contribution is -0.205. The van der Waals surface area contributed by atoms with Crippen molar-refractivity contribution in [1.29, 1.82) is 0 Å². The number of rotatable bonds is 4. The van der Waals surface area contributed by atoms with E-state index in [1.54, 1.807) is 27.7 Å². The van der Waals surface area contributed by atoms with Crippen LogP contribution in [0.1, 0.15) is 47.0 Å². The fraction of sp³-hybridized carbons (Fsp3) is 0.909. The smallest absolute Gasteiger partial charge is 0.402 e. The van der Waals surface area contributed by atoms with Gasteiger partial charge in [-0.2, -0.15) is 13.2 Å². The minimum absolute atomic E-state index is 0.199. The molecular formula is C11H19F3O2. The maximum Gasteiger partial charge on any atom is 0.402 e. The molecule has 96 valence electrons. The molecule has 0 radical (unpaired) electrons. The Morgan fingerprint density at radius 1 is 1.25 bits per heavy atom. The van der Waals surface area contributed by atoms with Gasteiger partial charge in [0.2, 0.25) is 0 Å². The molecule has 0 bridgehead atoms. The van der Waals surface area contributed by atoms with Gasteiger partial charge in [0, 0.05) is 0 Å². The van der Waals surface area contributed by atoms with E-state index in [-0.39, 0.29) is 6.42 Å². The van der Waals surface area contributed by atoms with Crippen LogP contribution in [0, 0.1) is 5.92 Å². The Balaban J connectivity index is 4.58. The van der Waals surface area contributed by atoms with Crippen LogP contribution in [-0.4, -0.2) is 17.7 Å². The molecule has 0 saturated heterocycles. The SMILES string of the molecule is CCCCC(C(=O)OC(C)(C)C)C(F)(F)F. The Bertz CT molecular complexity index is 228. The van der Waals surface area contributed by atoms with Crippen LogP contribution in [0.2, 0.25) is 0 Å². The standard InChI is InChI=1S/C11H19F3O2/c1-5-6-7-8(11(12,13)14)9(15)16-10(2,3)4/h8H,5-7H2,1-4H3. The molecule has 0 rings (SSSR count). The normalized spacial score (nSPS) is 14.7. The van der Waals surface area contributed by atoms with Crippen molar-refractivity contribution >= 4 is 5.97 Å². The molecule has 16 heavy (non-hydrogen) atoms. The van der Waals surface area contributed by atoms with Gasteiger partial charge in [0.25, 0.3) is 0 Å². The first-order valence-electron chi connectivity index (χ1n) is 5.37. The Morgan fingerprint density at radius 3 is 2.06 bits per heavy atom. The number of hydrogen-bond donors (Lipinski definition) is 0. The van der Waals surface area contributed by atoms with Gasteiger partial charge in [-0.05, 0) is 27.2 Å². The van der Waals surface area contributed by atoms with Crippen LogP contribution < -0.4 is 0 Å². The van der Waals surface area contributed by atoms with E-state index in [2.05, 4.69) is 0 Å². The largest absolute Gasteiger partial charge is 0.459 e. The van der Waals surface area contributed by atoms with Crippen molar-refractivity contribution in [3.63, 3.8) is 0 Å². The molecule has 0 aromatic heterocycles. The van der Waals surface area contributed by atoms with Gasteiger partial charge in [0.15, 0.2) is 5.92 Å². The molecule has 0 fully saturated rings. The summed E-state index contributed by atoms with van der Waals surface area (Å²) in [6.45, 7) is 6.44. The third-order valence-electron chi connectivity index (χ3n) is 1.93. The third kappa shape index (κ3) is 5.98. The van der Waals surface area contributed by atoms with E-state index in [0.29, 0.717) is 12.8 Å². The molecule has 0 aliphatic carbocycles. The summed E-state index contributed by atoms with van der Waals surface area (Å²) < 4.78 is 42.5. The summed E-state index contributed by atoms with van der Waals surface area (Å²) in [4.78, 5) is 11.4. The Kier molecular flexibility index (Phi) is 5.29. The second kappa shape index (κ2) is 5.55. The summed E-state index contributed by atoms with van der Waals surface area (Å²) in [5.74, 6) is -3.17. The van der Waals surface area contributed by atoms with Crippen LogP contribution in [0.5, 0.6) is 0 Å². The minimum atomic E-state index is -4.52. The molecule has 0 aromatic carbocycles. The van der Waals surface area contributed by atoms with E-state index >= 15 is 0 Å². The first-order valence-corrected chi connectivity index (χ1v) is 5.37. The monoisotopic (exact) mass is 240 g/mol. The highest BCUT2D eigenvalue weighted by Gasteiger charge is 2.46. The molecule has 0 aromatic rings. The van der Waals surface area contributed by atoms with Crippen molar-refractivity contribution in [1.82, 2.24) is 0 Å². The predicted molar refractivity (Wildman–Crippen MR) is 54.9 cm³/mol. The minimum Gasteiger partial charge on any atom is -0.459 e. The van der Waals surface area contributed by atoms with E-state index in [4.69, 9.17) is 4.74 Å². The van der Waals surface area contributed by atoms with Gasteiger partial charge in [0.1, 0.15) is 5.60 Å². The first kappa shape index (κ1) is 15.3. The molecule has 1 unspecified atom stereocenters. The van der Waals surface area contributed by atoms with Gasteiger partial charge >= 0.3 is 12.1 Å². The fourth-order valence-electron chi connectivity index (χ4n) is 1.20. The Morgan fingerprint density at radius 2 is 1.75 bits per heavy atom. The number of carbonyl (C=O) groups is 1. The van der Waals surface area contributed by atoms with Crippen molar-refractivity contribution in [2.75, 3.05) is 0 Å². The molecule has 0 N–H and O–H groups in total. The highest BCUT2D eigenvalue weighted by atomic mass is 19.4. The molecule has 0 saturated carbocycles. The van der Waals surface area contributed by atoms with E-state index in [9.17, 15) is 18.0 Å². The van der Waals surface area contributed by atoms with Crippen LogP contribution in [-0.2, 0) is 9.53 Å². The average Bonchev–Trinajstić information content (AvgIpc) is 1.98. The van der Waals surface area contributed by atoms with Gasteiger partial charge in [-0.3, -0.25) is 4.79 Å². The number of ether oxygens (including phenoxy) is 1. The summed E-state index contributed by atoms with van der Waals surface area (Å²) >= 11 is 0. The lowest BCUT2D eigenvalue weighted by Gasteiger charge is -2.25. The number of halogens is 3. The summed E-state index contributed by atoms with van der Waals surface area (Å²) in [5, 5.41) is 0. The quantitative estimate of drug-likeness (QED) is 0.700. The molecule has 0 amide bonds. The number of carbonyl (C=O) groups excluding carboxylic acids is 1. The Hall–Kier alpha value is -0.740. The Labute approximate surface area is 94.2 Å². The third-order valence-corrected chi connectivity index (χ3v) is 1.93. The first-order chi connectivity index (χ1) is 7.08. The van der Waals surface area contributed by atoms with Gasteiger partial charge in [-0.15, -0.1) is 0 Å². The molecule has 1 atom stereocenters. The predicted octanol–water partition coefficient (Wildman–Crippen LogP) is 3.70. The van der Waals surface area contributed by atoms with Crippen molar-refractivity contribution in [2.24, 2.45) is 5.92 Å². The van der Waals surface area contributed by atoms with Crippen LogP contribution in [0.4, 0.5) is 13.2 Å². The van der Waals surface area contributed by atoms with Crippen molar-refractivity contribution in [3.05, 3.63) is 0 Å². The van der Waals surface area contributed by atoms with Crippen molar-refractivity contribution in [3.8, 4) is 0 Å². The maximum atomic E-state index is 12.6. The van der Waals surface area contributed by atoms with Crippen LogP contribution in [0.15, 0.2) is 0 Å². The molecule has 0 heterocycles. The molecule has 0 aliphatic heterocycles. The van der Waals surface area contributed by atoms with E-state index in [0.717, 1.165) is 0 Å². The summed E-state index contributed by atoms with van der Waals surface area (Å²) in [6.07, 6.45) is -3.73.